The molecule has 6 rings (SSSR count). The Hall–Kier alpha value is -3.82. The molecule has 10 heteroatoms. The van der Waals surface area contributed by atoms with Gasteiger partial charge in [-0.15, -0.1) is 0 Å². The molecule has 2 N–H and O–H groups in total. The number of piperidine rings is 1. The molecule has 2 aliphatic rings. The van der Waals surface area contributed by atoms with E-state index >= 15 is 4.39 Å². The molecule has 162 valence electrons. The van der Waals surface area contributed by atoms with Crippen LogP contribution in [0.25, 0.3) is 16.6 Å². The second-order valence-corrected chi connectivity index (χ2v) is 7.99. The molecule has 2 unspecified atom stereocenters. The summed E-state index contributed by atoms with van der Waals surface area (Å²) >= 11 is 0. The van der Waals surface area contributed by atoms with Gasteiger partial charge in [0.15, 0.2) is 11.6 Å². The number of amides is 1. The number of fused-ring (bicyclic) bond motifs is 6. The molecule has 4 aromatic rings. The molecular weight excluding hydrogens is 423 g/mol. The predicted molar refractivity (Wildman–Crippen MR) is 109 cm³/mol. The number of carbonyl (C=O) groups excluding carboxylic acids is 1. The lowest BCUT2D eigenvalue weighted by Gasteiger charge is -2.36. The van der Waals surface area contributed by atoms with Crippen LogP contribution in [-0.4, -0.2) is 37.8 Å². The first-order chi connectivity index (χ1) is 15.4. The molecule has 0 aliphatic carbocycles. The molecule has 32 heavy (non-hydrogen) atoms. The Morgan fingerprint density at radius 2 is 2.00 bits per heavy atom. The van der Waals surface area contributed by atoms with Crippen LogP contribution in [0.1, 0.15) is 34.8 Å². The van der Waals surface area contributed by atoms with Crippen LogP contribution in [0, 0.1) is 17.5 Å². The molecule has 7 nitrogen and oxygen atoms in total. The van der Waals surface area contributed by atoms with Gasteiger partial charge in [0.2, 0.25) is 5.82 Å². The summed E-state index contributed by atoms with van der Waals surface area (Å²) < 4.78 is 50.3. The van der Waals surface area contributed by atoms with Crippen molar-refractivity contribution < 1.29 is 22.7 Å². The van der Waals surface area contributed by atoms with E-state index in [1.165, 1.54) is 29.6 Å². The van der Waals surface area contributed by atoms with Gasteiger partial charge in [-0.3, -0.25) is 9.20 Å². The molecular formula is C22H16F3N5O2. The quantitative estimate of drug-likeness (QED) is 0.490. The summed E-state index contributed by atoms with van der Waals surface area (Å²) in [6, 6.07) is 4.38. The van der Waals surface area contributed by atoms with Gasteiger partial charge in [-0.2, -0.15) is 4.39 Å². The van der Waals surface area contributed by atoms with Crippen LogP contribution < -0.4 is 10.5 Å². The van der Waals surface area contributed by atoms with Gasteiger partial charge in [0.25, 0.3) is 5.91 Å². The number of nitrogens with two attached hydrogens (primary N) is 1. The number of likely N-dealkylation sites (tertiary alicyclic amines) is 1. The monoisotopic (exact) mass is 439 g/mol. The SMILES string of the molecule is Nc1nc2cc(F)c(C(=O)N3CCCC4Oc5c(ccc(F)c5F)C43)cc2n2cncc12. The van der Waals surface area contributed by atoms with E-state index in [1.54, 1.807) is 4.40 Å². The lowest BCUT2D eigenvalue weighted by atomic mass is 9.93. The number of halogens is 3. The minimum atomic E-state index is -1.08. The number of hydrogen-bond donors (Lipinski definition) is 1. The second-order valence-electron chi connectivity index (χ2n) is 7.99. The summed E-state index contributed by atoms with van der Waals surface area (Å²) in [5, 5.41) is 0. The number of ether oxygens (including phenoxy) is 1. The number of carbonyl (C=O) groups is 1. The van der Waals surface area contributed by atoms with E-state index in [4.69, 9.17) is 10.5 Å². The highest BCUT2D eigenvalue weighted by Crippen LogP contribution is 2.46. The summed E-state index contributed by atoms with van der Waals surface area (Å²) in [4.78, 5) is 23.2. The Labute approximate surface area is 179 Å². The van der Waals surface area contributed by atoms with E-state index in [0.29, 0.717) is 36.0 Å². The number of imidazole rings is 1. The highest BCUT2D eigenvalue weighted by molar-refractivity contribution is 5.99. The van der Waals surface area contributed by atoms with Gasteiger partial charge < -0.3 is 15.4 Å². The molecule has 4 heterocycles. The fraction of sp³-hybridized carbons (Fsp3) is 0.227. The van der Waals surface area contributed by atoms with Crippen molar-refractivity contribution in [3.8, 4) is 5.75 Å². The normalized spacial score (nSPS) is 19.8. The molecule has 1 fully saturated rings. The van der Waals surface area contributed by atoms with Crippen LogP contribution >= 0.6 is 0 Å². The number of benzene rings is 2. The summed E-state index contributed by atoms with van der Waals surface area (Å²) in [5.74, 6) is -3.39. The highest BCUT2D eigenvalue weighted by Gasteiger charge is 2.45. The Balaban J connectivity index is 1.47. The van der Waals surface area contributed by atoms with E-state index in [1.807, 2.05) is 0 Å². The molecule has 2 aliphatic heterocycles. The molecule has 1 amide bonds. The minimum absolute atomic E-state index is 0.157. The topological polar surface area (TPSA) is 85.8 Å². The van der Waals surface area contributed by atoms with Gasteiger partial charge in [-0.25, -0.2) is 18.7 Å². The molecule has 1 saturated heterocycles. The number of anilines is 1. The highest BCUT2D eigenvalue weighted by atomic mass is 19.2. The Bertz CT molecular complexity index is 1440. The maximum Gasteiger partial charge on any atom is 0.257 e. The van der Waals surface area contributed by atoms with E-state index in [9.17, 15) is 13.6 Å². The third-order valence-corrected chi connectivity index (χ3v) is 6.20. The summed E-state index contributed by atoms with van der Waals surface area (Å²) in [6.07, 6.45) is 3.68. The molecule has 2 atom stereocenters. The van der Waals surface area contributed by atoms with Gasteiger partial charge in [0.1, 0.15) is 23.3 Å². The maximum absolute atomic E-state index is 15.0. The molecule has 0 saturated carbocycles. The molecule has 2 aromatic heterocycles. The first-order valence-electron chi connectivity index (χ1n) is 10.1. The summed E-state index contributed by atoms with van der Waals surface area (Å²) in [5.41, 5.74) is 7.44. The summed E-state index contributed by atoms with van der Waals surface area (Å²) in [7, 11) is 0. The third-order valence-electron chi connectivity index (χ3n) is 6.20. The van der Waals surface area contributed by atoms with Crippen LogP contribution in [0.3, 0.4) is 0 Å². The maximum atomic E-state index is 15.0. The van der Waals surface area contributed by atoms with Gasteiger partial charge >= 0.3 is 0 Å². The largest absolute Gasteiger partial charge is 0.484 e. The fourth-order valence-corrected chi connectivity index (χ4v) is 4.75. The van der Waals surface area contributed by atoms with Crippen molar-refractivity contribution >= 4 is 28.3 Å². The van der Waals surface area contributed by atoms with Crippen LogP contribution in [-0.2, 0) is 0 Å². The third kappa shape index (κ3) is 2.52. The molecule has 0 radical (unpaired) electrons. The average molecular weight is 439 g/mol. The lowest BCUT2D eigenvalue weighted by Crippen LogP contribution is -2.44. The van der Waals surface area contributed by atoms with Gasteiger partial charge in [0.05, 0.1) is 35.2 Å². The van der Waals surface area contributed by atoms with Crippen molar-refractivity contribution in [1.29, 1.82) is 0 Å². The Morgan fingerprint density at radius 3 is 2.84 bits per heavy atom. The van der Waals surface area contributed by atoms with Crippen molar-refractivity contribution in [3.05, 3.63) is 65.4 Å². The zero-order valence-corrected chi connectivity index (χ0v) is 16.6. The van der Waals surface area contributed by atoms with Crippen LogP contribution in [0.4, 0.5) is 19.0 Å². The zero-order chi connectivity index (χ0) is 22.1. The number of nitrogens with zero attached hydrogens (tertiary/aromatic N) is 4. The Morgan fingerprint density at radius 1 is 1.16 bits per heavy atom. The van der Waals surface area contributed by atoms with Crippen molar-refractivity contribution in [1.82, 2.24) is 19.3 Å². The van der Waals surface area contributed by atoms with Crippen molar-refractivity contribution in [2.24, 2.45) is 0 Å². The number of nitrogen functional groups attached to an aromatic ring is 1. The first-order valence-corrected chi connectivity index (χ1v) is 10.1. The van der Waals surface area contributed by atoms with Crippen LogP contribution in [0.15, 0.2) is 36.8 Å². The van der Waals surface area contributed by atoms with Crippen molar-refractivity contribution in [2.45, 2.75) is 25.0 Å². The summed E-state index contributed by atoms with van der Waals surface area (Å²) in [6.45, 7) is 0.333. The minimum Gasteiger partial charge on any atom is -0.484 e. The smallest absolute Gasteiger partial charge is 0.257 e. The predicted octanol–water partition coefficient (Wildman–Crippen LogP) is 3.62. The average Bonchev–Trinajstić information content (AvgIpc) is 3.41. The first kappa shape index (κ1) is 18.9. The number of hydrogen-bond acceptors (Lipinski definition) is 5. The van der Waals surface area contributed by atoms with E-state index in [0.717, 1.165) is 12.1 Å². The van der Waals surface area contributed by atoms with E-state index in [2.05, 4.69) is 9.97 Å². The zero-order valence-electron chi connectivity index (χ0n) is 16.6. The van der Waals surface area contributed by atoms with E-state index in [-0.39, 0.29) is 22.6 Å². The Kier molecular flexibility index (Phi) is 3.89. The van der Waals surface area contributed by atoms with Crippen LogP contribution in [0.5, 0.6) is 5.75 Å². The van der Waals surface area contributed by atoms with Gasteiger partial charge in [-0.1, -0.05) is 0 Å². The number of aromatic nitrogens is 3. The van der Waals surface area contributed by atoms with Crippen molar-refractivity contribution in [2.75, 3.05) is 12.3 Å². The van der Waals surface area contributed by atoms with Gasteiger partial charge in [0, 0.05) is 18.2 Å². The standard InChI is InChI=1S/C22H16F3N5O2/c23-12-4-3-10-19-17(32-20(10)18(12)25)2-1-5-29(19)22(31)11-6-15-14(7-13(11)24)28-21(26)16-8-27-9-30(15)16/h3-4,6-9,17,19H,1-2,5H2,(H2,26,28). The molecule has 2 aromatic carbocycles. The molecule has 0 spiro atoms. The van der Waals surface area contributed by atoms with Crippen molar-refractivity contribution in [3.63, 3.8) is 0 Å². The number of rotatable bonds is 1. The second kappa shape index (κ2) is 6.59. The lowest BCUT2D eigenvalue weighted by molar-refractivity contribution is 0.0356. The van der Waals surface area contributed by atoms with Gasteiger partial charge in [-0.05, 0) is 31.0 Å². The fourth-order valence-electron chi connectivity index (χ4n) is 4.75. The van der Waals surface area contributed by atoms with E-state index < -0.39 is 35.5 Å². The molecule has 0 bridgehead atoms. The van der Waals surface area contributed by atoms with Crippen LogP contribution in [0.2, 0.25) is 0 Å².